The fourth-order valence-corrected chi connectivity index (χ4v) is 3.58. The molecule has 0 saturated carbocycles. The third kappa shape index (κ3) is 5.86. The number of hydrogen-bond acceptors (Lipinski definition) is 7. The quantitative estimate of drug-likeness (QED) is 0.653. The fraction of sp³-hybridized carbons (Fsp3) is 0.375. The molecule has 2 aromatic rings. The molecule has 3 rings (SSSR count). The highest BCUT2D eigenvalue weighted by Gasteiger charge is 2.32. The van der Waals surface area contributed by atoms with Crippen LogP contribution in [0.25, 0.3) is 0 Å². The molecule has 1 aliphatic heterocycles. The molecule has 0 aliphatic carbocycles. The molecular formula is C24H27N3O6. The van der Waals surface area contributed by atoms with Crippen LogP contribution in [0.2, 0.25) is 0 Å². The normalized spacial score (nSPS) is 15.8. The van der Waals surface area contributed by atoms with Gasteiger partial charge in [0, 0.05) is 13.0 Å². The number of rotatable bonds is 8. The fourth-order valence-electron chi connectivity index (χ4n) is 3.58. The van der Waals surface area contributed by atoms with Crippen molar-refractivity contribution >= 4 is 12.0 Å². The Kier molecular flexibility index (Phi) is 7.97. The van der Waals surface area contributed by atoms with Gasteiger partial charge in [-0.3, -0.25) is 4.79 Å². The van der Waals surface area contributed by atoms with E-state index in [0.717, 1.165) is 5.56 Å². The Morgan fingerprint density at radius 3 is 2.61 bits per heavy atom. The van der Waals surface area contributed by atoms with E-state index in [0.29, 0.717) is 42.2 Å². The second-order valence-electron chi connectivity index (χ2n) is 7.46. The summed E-state index contributed by atoms with van der Waals surface area (Å²) in [7, 11) is 2.99. The van der Waals surface area contributed by atoms with Crippen molar-refractivity contribution in [3.8, 4) is 23.3 Å². The van der Waals surface area contributed by atoms with Gasteiger partial charge in [-0.25, -0.2) is 4.79 Å². The van der Waals surface area contributed by atoms with Crippen molar-refractivity contribution in [3.05, 3.63) is 53.6 Å². The lowest BCUT2D eigenvalue weighted by Gasteiger charge is -2.25. The molecule has 2 aromatic carbocycles. The maximum Gasteiger partial charge on any atom is 0.410 e. The summed E-state index contributed by atoms with van der Waals surface area (Å²) < 4.78 is 21.5. The summed E-state index contributed by atoms with van der Waals surface area (Å²) in [5.74, 6) is 1.30. The zero-order valence-corrected chi connectivity index (χ0v) is 18.9. The zero-order chi connectivity index (χ0) is 23.8. The Balaban J connectivity index is 1.58. The first kappa shape index (κ1) is 23.7. The summed E-state index contributed by atoms with van der Waals surface area (Å²) in [6, 6.07) is 13.4. The van der Waals surface area contributed by atoms with E-state index in [1.807, 2.05) is 31.2 Å². The molecule has 9 nitrogen and oxygen atoms in total. The summed E-state index contributed by atoms with van der Waals surface area (Å²) >= 11 is 0. The van der Waals surface area contributed by atoms with E-state index in [4.69, 9.17) is 18.9 Å². The molecule has 9 heteroatoms. The van der Waals surface area contributed by atoms with E-state index in [-0.39, 0.29) is 12.5 Å². The van der Waals surface area contributed by atoms with Gasteiger partial charge in [-0.1, -0.05) is 24.3 Å². The largest absolute Gasteiger partial charge is 0.493 e. The number of nitrogens with zero attached hydrogens (tertiary/aromatic N) is 2. The highest BCUT2D eigenvalue weighted by molar-refractivity contribution is 5.79. The van der Waals surface area contributed by atoms with Gasteiger partial charge in [0.25, 0.3) is 5.91 Å². The average Bonchev–Trinajstić information content (AvgIpc) is 3.29. The van der Waals surface area contributed by atoms with Crippen LogP contribution in [0, 0.1) is 18.3 Å². The first-order chi connectivity index (χ1) is 16.0. The minimum atomic E-state index is -0.966. The van der Waals surface area contributed by atoms with Gasteiger partial charge < -0.3 is 29.2 Å². The molecular weight excluding hydrogens is 426 g/mol. The topological polar surface area (TPSA) is 110 Å². The Labute approximate surface area is 192 Å². The van der Waals surface area contributed by atoms with E-state index in [1.54, 1.807) is 24.3 Å². The van der Waals surface area contributed by atoms with Gasteiger partial charge in [-0.15, -0.1) is 0 Å². The average molecular weight is 453 g/mol. The number of likely N-dealkylation sites (tertiary alicyclic amines) is 1. The summed E-state index contributed by atoms with van der Waals surface area (Å²) in [5, 5.41) is 12.1. The zero-order valence-electron chi connectivity index (χ0n) is 18.9. The number of carbonyl (C=O) groups excluding carboxylic acids is 2. The number of amides is 2. The smallest absolute Gasteiger partial charge is 0.410 e. The molecule has 1 unspecified atom stereocenters. The van der Waals surface area contributed by atoms with Gasteiger partial charge in [-0.05, 0) is 42.7 Å². The van der Waals surface area contributed by atoms with Crippen LogP contribution in [-0.4, -0.2) is 50.5 Å². The van der Waals surface area contributed by atoms with Gasteiger partial charge in [0.05, 0.1) is 20.3 Å². The molecule has 1 fully saturated rings. The van der Waals surface area contributed by atoms with E-state index >= 15 is 0 Å². The minimum absolute atomic E-state index is 0.154. The van der Waals surface area contributed by atoms with Crippen LogP contribution in [-0.2, 0) is 9.53 Å². The molecule has 1 aliphatic rings. The third-order valence-corrected chi connectivity index (χ3v) is 5.34. The number of hydrogen-bond donors (Lipinski definition) is 1. The molecule has 33 heavy (non-hydrogen) atoms. The van der Waals surface area contributed by atoms with Crippen molar-refractivity contribution in [2.75, 3.05) is 27.4 Å². The second kappa shape index (κ2) is 11.1. The highest BCUT2D eigenvalue weighted by atomic mass is 16.6. The van der Waals surface area contributed by atoms with Crippen LogP contribution < -0.4 is 19.5 Å². The van der Waals surface area contributed by atoms with Crippen LogP contribution in [0.15, 0.2) is 42.5 Å². The summed E-state index contributed by atoms with van der Waals surface area (Å²) in [4.78, 5) is 26.6. The van der Waals surface area contributed by atoms with E-state index in [9.17, 15) is 14.9 Å². The van der Waals surface area contributed by atoms with Crippen molar-refractivity contribution < 1.29 is 28.5 Å². The Morgan fingerprint density at radius 1 is 1.15 bits per heavy atom. The van der Waals surface area contributed by atoms with Gasteiger partial charge in [0.1, 0.15) is 11.8 Å². The van der Waals surface area contributed by atoms with Gasteiger partial charge in [0.2, 0.25) is 0 Å². The van der Waals surface area contributed by atoms with Crippen molar-refractivity contribution in [1.82, 2.24) is 10.2 Å². The molecule has 2 atom stereocenters. The monoisotopic (exact) mass is 453 g/mol. The molecule has 0 spiro atoms. The predicted molar refractivity (Wildman–Crippen MR) is 119 cm³/mol. The number of methoxy groups -OCH3 is 2. The lowest BCUT2D eigenvalue weighted by molar-refractivity contribution is -0.140. The summed E-state index contributed by atoms with van der Waals surface area (Å²) in [5.41, 5.74) is 1.44. The number of para-hydroxylation sites is 1. The molecule has 0 aromatic heterocycles. The molecule has 1 heterocycles. The Bertz CT molecular complexity index is 1040. The SMILES string of the molecule is COc1ccc(C(C#N)NC(=O)O[C@H]2CCCN2C(=O)COc2ccccc2C)cc1OC. The Hall–Kier alpha value is -3.93. The van der Waals surface area contributed by atoms with Crippen LogP contribution in [0.4, 0.5) is 4.79 Å². The van der Waals surface area contributed by atoms with Crippen LogP contribution in [0.1, 0.15) is 30.0 Å². The number of nitriles is 1. The molecule has 2 amide bonds. The van der Waals surface area contributed by atoms with Gasteiger partial charge >= 0.3 is 6.09 Å². The second-order valence-corrected chi connectivity index (χ2v) is 7.46. The highest BCUT2D eigenvalue weighted by Crippen LogP contribution is 2.30. The van der Waals surface area contributed by atoms with E-state index in [1.165, 1.54) is 19.1 Å². The van der Waals surface area contributed by atoms with E-state index < -0.39 is 18.4 Å². The Morgan fingerprint density at radius 2 is 1.91 bits per heavy atom. The maximum atomic E-state index is 12.7. The first-order valence-corrected chi connectivity index (χ1v) is 10.5. The number of ether oxygens (including phenoxy) is 4. The standard InChI is InChI=1S/C24H27N3O6/c1-16-7-4-5-8-19(16)32-15-22(28)27-12-6-9-23(27)33-24(29)26-18(14-25)17-10-11-20(30-2)21(13-17)31-3/h4-5,7-8,10-11,13,18,23H,6,9,12,15H2,1-3H3,(H,26,29)/t18?,23-/m0/s1. The van der Waals surface area contributed by atoms with Crippen molar-refractivity contribution in [1.29, 1.82) is 5.26 Å². The molecule has 1 N–H and O–H groups in total. The number of alkyl carbamates (subject to hydrolysis) is 1. The number of nitrogens with one attached hydrogen (secondary N) is 1. The molecule has 0 bridgehead atoms. The molecule has 174 valence electrons. The molecule has 0 radical (unpaired) electrons. The van der Waals surface area contributed by atoms with Gasteiger partial charge in [-0.2, -0.15) is 5.26 Å². The van der Waals surface area contributed by atoms with Crippen molar-refractivity contribution in [3.63, 3.8) is 0 Å². The maximum absolute atomic E-state index is 12.7. The van der Waals surface area contributed by atoms with Gasteiger partial charge in [0.15, 0.2) is 24.3 Å². The lowest BCUT2D eigenvalue weighted by Crippen LogP contribution is -2.43. The van der Waals surface area contributed by atoms with E-state index in [2.05, 4.69) is 5.32 Å². The first-order valence-electron chi connectivity index (χ1n) is 10.5. The third-order valence-electron chi connectivity index (χ3n) is 5.34. The predicted octanol–water partition coefficient (Wildman–Crippen LogP) is 3.33. The lowest BCUT2D eigenvalue weighted by atomic mass is 10.1. The van der Waals surface area contributed by atoms with Crippen molar-refractivity contribution in [2.45, 2.75) is 32.0 Å². The van der Waals surface area contributed by atoms with Crippen LogP contribution in [0.5, 0.6) is 17.2 Å². The number of aryl methyl sites for hydroxylation is 1. The number of benzene rings is 2. The summed E-state index contributed by atoms with van der Waals surface area (Å²) in [6.07, 6.45) is -0.300. The van der Waals surface area contributed by atoms with Crippen LogP contribution >= 0.6 is 0 Å². The van der Waals surface area contributed by atoms with Crippen molar-refractivity contribution in [2.24, 2.45) is 0 Å². The number of carbonyl (C=O) groups is 2. The van der Waals surface area contributed by atoms with Crippen LogP contribution in [0.3, 0.4) is 0 Å². The minimum Gasteiger partial charge on any atom is -0.493 e. The molecule has 1 saturated heterocycles. The summed E-state index contributed by atoms with van der Waals surface area (Å²) in [6.45, 7) is 2.21.